The number of anilines is 1. The Morgan fingerprint density at radius 1 is 1.36 bits per heavy atom. The fourth-order valence-electron chi connectivity index (χ4n) is 2.90. The van der Waals surface area contributed by atoms with Crippen molar-refractivity contribution in [2.45, 2.75) is 20.0 Å². The van der Waals surface area contributed by atoms with Crippen molar-refractivity contribution in [3.8, 4) is 11.1 Å². The summed E-state index contributed by atoms with van der Waals surface area (Å²) in [5.41, 5.74) is 6.96. The van der Waals surface area contributed by atoms with Gasteiger partial charge >= 0.3 is 5.97 Å². The van der Waals surface area contributed by atoms with E-state index in [1.165, 1.54) is 6.07 Å². The molecule has 1 aliphatic rings. The van der Waals surface area contributed by atoms with Gasteiger partial charge in [-0.3, -0.25) is 10.2 Å². The zero-order chi connectivity index (χ0) is 20.1. The molecule has 0 bridgehead atoms. The summed E-state index contributed by atoms with van der Waals surface area (Å²) in [6.45, 7) is 4.26. The second-order valence-corrected chi connectivity index (χ2v) is 6.41. The second kappa shape index (κ2) is 8.75. The highest BCUT2D eigenvalue weighted by atomic mass is 19.1. The fourth-order valence-corrected chi connectivity index (χ4v) is 2.90. The molecule has 1 aromatic carbocycles. The molecule has 148 valence electrons. The maximum absolute atomic E-state index is 15.0. The molecule has 1 aromatic heterocycles. The number of esters is 1. The molecular formula is C19H22FN5O3. The molecule has 2 aromatic rings. The standard InChI is InChI=1S/C19H22FN5O3/c1-12-15(10-23-19(24-12)25-5-7-27-8-6-25)14-4-2-3-13(18(14)20)11-28-17(26)9-16(21)22/h2-4,10H,5-9,11H2,1H3,(H3,21,22). The number of aromatic nitrogens is 2. The van der Waals surface area contributed by atoms with Gasteiger partial charge in [-0.25, -0.2) is 14.4 Å². The van der Waals surface area contributed by atoms with Gasteiger partial charge in [-0.15, -0.1) is 0 Å². The number of benzene rings is 1. The quantitative estimate of drug-likeness (QED) is 0.441. The number of hydrogen-bond donors (Lipinski definition) is 2. The van der Waals surface area contributed by atoms with Crippen LogP contribution in [0.1, 0.15) is 17.7 Å². The molecule has 0 atom stereocenters. The molecule has 3 N–H and O–H groups in total. The van der Waals surface area contributed by atoms with E-state index in [2.05, 4.69) is 9.97 Å². The van der Waals surface area contributed by atoms with Crippen LogP contribution in [-0.4, -0.2) is 48.1 Å². The van der Waals surface area contributed by atoms with Gasteiger partial charge < -0.3 is 20.1 Å². The lowest BCUT2D eigenvalue weighted by Crippen LogP contribution is -2.37. The summed E-state index contributed by atoms with van der Waals surface area (Å²) in [5.74, 6) is -0.873. The van der Waals surface area contributed by atoms with Gasteiger partial charge in [0.1, 0.15) is 24.7 Å². The third-order valence-electron chi connectivity index (χ3n) is 4.35. The van der Waals surface area contributed by atoms with Crippen LogP contribution in [0.25, 0.3) is 11.1 Å². The maximum Gasteiger partial charge on any atom is 0.313 e. The number of morpholine rings is 1. The van der Waals surface area contributed by atoms with Crippen LogP contribution in [0.4, 0.5) is 10.3 Å². The van der Waals surface area contributed by atoms with Crippen molar-refractivity contribution in [3.05, 3.63) is 41.5 Å². The molecule has 1 saturated heterocycles. The minimum Gasteiger partial charge on any atom is -0.460 e. The van der Waals surface area contributed by atoms with Crippen molar-refractivity contribution < 1.29 is 18.7 Å². The van der Waals surface area contributed by atoms with Gasteiger partial charge in [0.25, 0.3) is 0 Å². The number of carbonyl (C=O) groups excluding carboxylic acids is 1. The van der Waals surface area contributed by atoms with Gasteiger partial charge in [-0.1, -0.05) is 18.2 Å². The number of ether oxygens (including phenoxy) is 2. The summed E-state index contributed by atoms with van der Waals surface area (Å²) in [4.78, 5) is 22.5. The minimum absolute atomic E-state index is 0.228. The van der Waals surface area contributed by atoms with Crippen LogP contribution in [0.15, 0.2) is 24.4 Å². The highest BCUT2D eigenvalue weighted by Crippen LogP contribution is 2.28. The average Bonchev–Trinajstić information content (AvgIpc) is 2.67. The van der Waals surface area contributed by atoms with Crippen LogP contribution in [0, 0.1) is 18.2 Å². The first kappa shape index (κ1) is 19.7. The normalized spacial score (nSPS) is 14.0. The number of nitrogens with one attached hydrogen (secondary N) is 1. The van der Waals surface area contributed by atoms with Gasteiger partial charge in [0, 0.05) is 36.0 Å². The summed E-state index contributed by atoms with van der Waals surface area (Å²) < 4.78 is 25.3. The Labute approximate surface area is 162 Å². The molecule has 1 fully saturated rings. The van der Waals surface area contributed by atoms with E-state index in [0.717, 1.165) is 0 Å². The molecule has 8 nitrogen and oxygen atoms in total. The maximum atomic E-state index is 15.0. The first-order valence-corrected chi connectivity index (χ1v) is 8.88. The number of nitrogens with two attached hydrogens (primary N) is 1. The van der Waals surface area contributed by atoms with E-state index in [1.807, 2.05) is 4.90 Å². The lowest BCUT2D eigenvalue weighted by Gasteiger charge is -2.27. The molecule has 3 rings (SSSR count). The summed E-state index contributed by atoms with van der Waals surface area (Å²) >= 11 is 0. The Morgan fingerprint density at radius 2 is 2.11 bits per heavy atom. The predicted molar refractivity (Wildman–Crippen MR) is 102 cm³/mol. The Hall–Kier alpha value is -3.07. The largest absolute Gasteiger partial charge is 0.460 e. The summed E-state index contributed by atoms with van der Waals surface area (Å²) in [6.07, 6.45) is 1.29. The molecule has 0 spiro atoms. The molecule has 0 unspecified atom stereocenters. The Bertz CT molecular complexity index is 884. The number of nitrogens with zero attached hydrogens (tertiary/aromatic N) is 3. The zero-order valence-electron chi connectivity index (χ0n) is 15.6. The Balaban J connectivity index is 1.79. The molecule has 0 radical (unpaired) electrons. The van der Waals surface area contributed by atoms with Gasteiger partial charge in [0.05, 0.1) is 18.9 Å². The van der Waals surface area contributed by atoms with E-state index >= 15 is 0 Å². The molecule has 0 amide bonds. The Kier molecular flexibility index (Phi) is 6.15. The fraction of sp³-hybridized carbons (Fsp3) is 0.368. The van der Waals surface area contributed by atoms with E-state index in [4.69, 9.17) is 20.6 Å². The third-order valence-corrected chi connectivity index (χ3v) is 4.35. The first-order chi connectivity index (χ1) is 13.5. The molecular weight excluding hydrogens is 365 g/mol. The van der Waals surface area contributed by atoms with Crippen LogP contribution >= 0.6 is 0 Å². The average molecular weight is 387 g/mol. The molecule has 28 heavy (non-hydrogen) atoms. The smallest absolute Gasteiger partial charge is 0.313 e. The monoisotopic (exact) mass is 387 g/mol. The van der Waals surface area contributed by atoms with Crippen molar-refractivity contribution in [1.29, 1.82) is 5.41 Å². The SMILES string of the molecule is Cc1nc(N2CCOCC2)ncc1-c1cccc(COC(=O)CC(=N)N)c1F. The lowest BCUT2D eigenvalue weighted by molar-refractivity contribution is -0.143. The van der Waals surface area contributed by atoms with Crippen molar-refractivity contribution >= 4 is 17.8 Å². The van der Waals surface area contributed by atoms with E-state index < -0.39 is 11.8 Å². The molecule has 2 heterocycles. The highest BCUT2D eigenvalue weighted by Gasteiger charge is 2.18. The van der Waals surface area contributed by atoms with Gasteiger partial charge in [0.15, 0.2) is 0 Å². The highest BCUT2D eigenvalue weighted by molar-refractivity contribution is 5.94. The number of hydrogen-bond acceptors (Lipinski definition) is 7. The van der Waals surface area contributed by atoms with Crippen LogP contribution in [0.5, 0.6) is 0 Å². The lowest BCUT2D eigenvalue weighted by atomic mass is 10.0. The third kappa shape index (κ3) is 4.61. The van der Waals surface area contributed by atoms with Crippen LogP contribution < -0.4 is 10.6 Å². The molecule has 0 saturated carbocycles. The van der Waals surface area contributed by atoms with Gasteiger partial charge in [0.2, 0.25) is 5.95 Å². The van der Waals surface area contributed by atoms with Crippen molar-refractivity contribution in [2.24, 2.45) is 5.73 Å². The van der Waals surface area contributed by atoms with E-state index in [1.54, 1.807) is 25.3 Å². The second-order valence-electron chi connectivity index (χ2n) is 6.41. The summed E-state index contributed by atoms with van der Waals surface area (Å²) in [5, 5.41) is 7.09. The van der Waals surface area contributed by atoms with Crippen molar-refractivity contribution in [2.75, 3.05) is 31.2 Å². The number of rotatable bonds is 6. The first-order valence-electron chi connectivity index (χ1n) is 8.88. The van der Waals surface area contributed by atoms with Gasteiger partial charge in [-0.05, 0) is 6.92 Å². The van der Waals surface area contributed by atoms with E-state index in [9.17, 15) is 9.18 Å². The Morgan fingerprint density at radius 3 is 2.79 bits per heavy atom. The van der Waals surface area contributed by atoms with E-state index in [-0.39, 0.29) is 24.4 Å². The molecule has 1 aliphatic heterocycles. The number of amidine groups is 1. The van der Waals surface area contributed by atoms with E-state index in [0.29, 0.717) is 49.1 Å². The van der Waals surface area contributed by atoms with Crippen LogP contribution in [-0.2, 0) is 20.9 Å². The predicted octanol–water partition coefficient (Wildman–Crippen LogP) is 1.80. The van der Waals surface area contributed by atoms with Gasteiger partial charge in [-0.2, -0.15) is 0 Å². The summed E-state index contributed by atoms with van der Waals surface area (Å²) in [7, 11) is 0. The van der Waals surface area contributed by atoms with Crippen molar-refractivity contribution in [3.63, 3.8) is 0 Å². The number of aryl methyl sites for hydroxylation is 1. The number of carbonyl (C=O) groups is 1. The van der Waals surface area contributed by atoms with Crippen LogP contribution in [0.2, 0.25) is 0 Å². The molecule has 9 heteroatoms. The minimum atomic E-state index is -0.674. The van der Waals surface area contributed by atoms with Crippen LogP contribution in [0.3, 0.4) is 0 Å². The summed E-state index contributed by atoms with van der Waals surface area (Å²) in [6, 6.07) is 4.86. The topological polar surface area (TPSA) is 114 Å². The number of halogens is 1. The molecule has 0 aliphatic carbocycles. The van der Waals surface area contributed by atoms with Crippen molar-refractivity contribution in [1.82, 2.24) is 9.97 Å². The zero-order valence-corrected chi connectivity index (χ0v) is 15.6.